The Balaban J connectivity index is 1.77. The number of nitrogens with two attached hydrogens (primary N) is 1. The van der Waals surface area contributed by atoms with E-state index in [0.29, 0.717) is 17.0 Å². The van der Waals surface area contributed by atoms with Gasteiger partial charge >= 0.3 is 0 Å². The average Bonchev–Trinajstić information content (AvgIpc) is 2.83. The number of unbranched alkanes of at least 4 members (excludes halogenated alkanes) is 5. The molecule has 0 aliphatic rings. The fraction of sp³-hybridized carbons (Fsp3) is 0.333. The quantitative estimate of drug-likeness (QED) is 0.347. The number of ether oxygens (including phenoxy) is 2. The second kappa shape index (κ2) is 11.8. The Kier molecular flexibility index (Phi) is 8.51. The summed E-state index contributed by atoms with van der Waals surface area (Å²) in [6, 6.07) is 19.5. The van der Waals surface area contributed by atoms with Crippen molar-refractivity contribution in [3.8, 4) is 40.0 Å². The van der Waals surface area contributed by atoms with Crippen LogP contribution >= 0.6 is 0 Å². The summed E-state index contributed by atoms with van der Waals surface area (Å²) in [6.45, 7) is 2.95. The van der Waals surface area contributed by atoms with Gasteiger partial charge in [0, 0.05) is 11.1 Å². The highest BCUT2D eigenvalue weighted by atomic mass is 16.5. The first-order chi connectivity index (χ1) is 15.7. The Morgan fingerprint density at radius 1 is 0.938 bits per heavy atom. The third kappa shape index (κ3) is 5.79. The maximum absolute atomic E-state index is 9.68. The van der Waals surface area contributed by atoms with E-state index in [9.17, 15) is 5.26 Å². The second-order valence-electron chi connectivity index (χ2n) is 7.77. The number of pyridine rings is 1. The van der Waals surface area contributed by atoms with Gasteiger partial charge in [-0.1, -0.05) is 63.3 Å². The zero-order chi connectivity index (χ0) is 22.8. The van der Waals surface area contributed by atoms with Gasteiger partial charge in [0.1, 0.15) is 28.9 Å². The SMILES string of the molecule is CCCCCCCCOc1ccc(-c2cc(-c3ccccc3OC)nc(N)c2C#N)cc1. The minimum Gasteiger partial charge on any atom is -0.496 e. The Morgan fingerprint density at radius 2 is 1.66 bits per heavy atom. The Morgan fingerprint density at radius 3 is 2.38 bits per heavy atom. The van der Waals surface area contributed by atoms with Gasteiger partial charge in [0.15, 0.2) is 0 Å². The van der Waals surface area contributed by atoms with E-state index in [1.807, 2.05) is 54.6 Å². The highest BCUT2D eigenvalue weighted by Crippen LogP contribution is 2.35. The van der Waals surface area contributed by atoms with Crippen LogP contribution < -0.4 is 15.2 Å². The molecule has 2 aromatic carbocycles. The fourth-order valence-corrected chi connectivity index (χ4v) is 3.71. The standard InChI is InChI=1S/C27H31N3O2/c1-3-4-5-6-7-10-17-32-21-15-13-20(14-16-21)23-18-25(30-27(29)24(23)19-28)22-11-8-9-12-26(22)31-2/h8-9,11-16,18H,3-7,10,17H2,1-2H3,(H2,29,30). The van der Waals surface area contributed by atoms with Gasteiger partial charge in [-0.25, -0.2) is 4.98 Å². The van der Waals surface area contributed by atoms with E-state index in [2.05, 4.69) is 18.0 Å². The average molecular weight is 430 g/mol. The molecule has 0 radical (unpaired) electrons. The zero-order valence-corrected chi connectivity index (χ0v) is 18.9. The highest BCUT2D eigenvalue weighted by Gasteiger charge is 2.15. The molecule has 32 heavy (non-hydrogen) atoms. The summed E-state index contributed by atoms with van der Waals surface area (Å²) in [5, 5.41) is 9.68. The van der Waals surface area contributed by atoms with Gasteiger partial charge in [0.05, 0.1) is 19.4 Å². The normalized spacial score (nSPS) is 10.5. The maximum Gasteiger partial charge on any atom is 0.142 e. The van der Waals surface area contributed by atoms with E-state index in [1.165, 1.54) is 32.1 Å². The number of methoxy groups -OCH3 is 1. The molecular formula is C27H31N3O2. The maximum atomic E-state index is 9.68. The fourth-order valence-electron chi connectivity index (χ4n) is 3.71. The van der Waals surface area contributed by atoms with Gasteiger partial charge in [0.2, 0.25) is 0 Å². The summed E-state index contributed by atoms with van der Waals surface area (Å²) in [6.07, 6.45) is 7.41. The van der Waals surface area contributed by atoms with Crippen molar-refractivity contribution in [1.29, 1.82) is 5.26 Å². The van der Waals surface area contributed by atoms with Crippen LogP contribution in [0.3, 0.4) is 0 Å². The second-order valence-corrected chi connectivity index (χ2v) is 7.77. The topological polar surface area (TPSA) is 81.2 Å². The van der Waals surface area contributed by atoms with Crippen LogP contribution in [0.15, 0.2) is 54.6 Å². The molecule has 2 N–H and O–H groups in total. The summed E-state index contributed by atoms with van der Waals surface area (Å²) in [5.41, 5.74) is 9.64. The Bertz CT molecular complexity index is 1060. The largest absolute Gasteiger partial charge is 0.496 e. The summed E-state index contributed by atoms with van der Waals surface area (Å²) in [7, 11) is 1.62. The molecule has 5 nitrogen and oxygen atoms in total. The monoisotopic (exact) mass is 429 g/mol. The molecule has 0 unspecified atom stereocenters. The van der Waals surface area contributed by atoms with E-state index in [-0.39, 0.29) is 5.82 Å². The number of nitrogens with zero attached hydrogens (tertiary/aromatic N) is 2. The minimum absolute atomic E-state index is 0.203. The van der Waals surface area contributed by atoms with E-state index < -0.39 is 0 Å². The molecule has 0 bridgehead atoms. The van der Waals surface area contributed by atoms with Gasteiger partial charge in [-0.2, -0.15) is 5.26 Å². The molecule has 0 saturated carbocycles. The van der Waals surface area contributed by atoms with Crippen molar-refractivity contribution in [3.63, 3.8) is 0 Å². The summed E-state index contributed by atoms with van der Waals surface area (Å²) in [5.74, 6) is 1.73. The lowest BCUT2D eigenvalue weighted by Gasteiger charge is -2.13. The molecule has 0 aliphatic heterocycles. The number of nitrogen functional groups attached to an aromatic ring is 1. The molecule has 0 fully saturated rings. The first kappa shape index (κ1) is 23.1. The molecule has 1 heterocycles. The minimum atomic E-state index is 0.203. The number of aromatic nitrogens is 1. The van der Waals surface area contributed by atoms with Crippen molar-refractivity contribution < 1.29 is 9.47 Å². The molecule has 0 spiro atoms. The lowest BCUT2D eigenvalue weighted by Crippen LogP contribution is -2.01. The molecule has 0 saturated heterocycles. The number of para-hydroxylation sites is 1. The van der Waals surface area contributed by atoms with Gasteiger partial charge in [0.25, 0.3) is 0 Å². The van der Waals surface area contributed by atoms with Crippen molar-refractivity contribution in [3.05, 3.63) is 60.2 Å². The van der Waals surface area contributed by atoms with E-state index >= 15 is 0 Å². The van der Waals surface area contributed by atoms with Crippen LogP contribution in [0.1, 0.15) is 51.0 Å². The lowest BCUT2D eigenvalue weighted by molar-refractivity contribution is 0.304. The molecule has 3 rings (SSSR count). The van der Waals surface area contributed by atoms with Gasteiger partial charge < -0.3 is 15.2 Å². The number of anilines is 1. The predicted octanol–water partition coefficient (Wildman–Crippen LogP) is 6.62. The third-order valence-corrected chi connectivity index (χ3v) is 5.47. The lowest BCUT2D eigenvalue weighted by atomic mass is 9.98. The van der Waals surface area contributed by atoms with E-state index in [4.69, 9.17) is 15.2 Å². The van der Waals surface area contributed by atoms with Crippen LogP contribution in [-0.2, 0) is 0 Å². The first-order valence-electron chi connectivity index (χ1n) is 11.2. The van der Waals surface area contributed by atoms with Crippen LogP contribution in [-0.4, -0.2) is 18.7 Å². The first-order valence-corrected chi connectivity index (χ1v) is 11.2. The van der Waals surface area contributed by atoms with Crippen molar-refractivity contribution >= 4 is 5.82 Å². The summed E-state index contributed by atoms with van der Waals surface area (Å²) < 4.78 is 11.4. The third-order valence-electron chi connectivity index (χ3n) is 5.47. The number of nitriles is 1. The summed E-state index contributed by atoms with van der Waals surface area (Å²) in [4.78, 5) is 4.45. The molecule has 1 aromatic heterocycles. The molecule has 0 aliphatic carbocycles. The predicted molar refractivity (Wildman–Crippen MR) is 130 cm³/mol. The Labute approximate surface area is 190 Å². The van der Waals surface area contributed by atoms with Gasteiger partial charge in [-0.05, 0) is 42.3 Å². The molecular weight excluding hydrogens is 398 g/mol. The van der Waals surface area contributed by atoms with Crippen molar-refractivity contribution in [2.24, 2.45) is 0 Å². The van der Waals surface area contributed by atoms with Crippen molar-refractivity contribution in [2.45, 2.75) is 45.4 Å². The van der Waals surface area contributed by atoms with Crippen LogP contribution in [0, 0.1) is 11.3 Å². The van der Waals surface area contributed by atoms with Crippen LogP contribution in [0.5, 0.6) is 11.5 Å². The number of hydrogen-bond acceptors (Lipinski definition) is 5. The van der Waals surface area contributed by atoms with E-state index in [1.54, 1.807) is 7.11 Å². The smallest absolute Gasteiger partial charge is 0.142 e. The number of benzene rings is 2. The van der Waals surface area contributed by atoms with Crippen LogP contribution in [0.4, 0.5) is 5.82 Å². The number of rotatable bonds is 11. The van der Waals surface area contributed by atoms with Crippen LogP contribution in [0.2, 0.25) is 0 Å². The van der Waals surface area contributed by atoms with Crippen molar-refractivity contribution in [1.82, 2.24) is 4.98 Å². The summed E-state index contributed by atoms with van der Waals surface area (Å²) >= 11 is 0. The molecule has 0 amide bonds. The van der Waals surface area contributed by atoms with Crippen molar-refractivity contribution in [2.75, 3.05) is 19.5 Å². The Hall–Kier alpha value is -3.52. The van der Waals surface area contributed by atoms with Gasteiger partial charge in [-0.3, -0.25) is 0 Å². The molecule has 0 atom stereocenters. The van der Waals surface area contributed by atoms with E-state index in [0.717, 1.165) is 35.5 Å². The molecule has 3 aromatic rings. The molecule has 5 heteroatoms. The zero-order valence-electron chi connectivity index (χ0n) is 18.9. The number of hydrogen-bond donors (Lipinski definition) is 1. The highest BCUT2D eigenvalue weighted by molar-refractivity contribution is 5.81. The van der Waals surface area contributed by atoms with Crippen LogP contribution in [0.25, 0.3) is 22.4 Å². The molecule has 166 valence electrons. The van der Waals surface area contributed by atoms with Gasteiger partial charge in [-0.15, -0.1) is 0 Å².